The van der Waals surface area contributed by atoms with Crippen LogP contribution in [0, 0.1) is 13.8 Å². The number of nitrogens with zero attached hydrogens (tertiary/aromatic N) is 4. The summed E-state index contributed by atoms with van der Waals surface area (Å²) in [5.74, 6) is 0.864. The summed E-state index contributed by atoms with van der Waals surface area (Å²) >= 11 is 3.37. The Hall–Kier alpha value is -1.83. The SMILES string of the molecule is Cc1cnc(Nc2cccc(C3CCCN3Cc3csc(C)n3)n2)s1. The molecule has 0 aromatic carbocycles. The second-order valence-corrected chi connectivity index (χ2v) is 8.63. The van der Waals surface area contributed by atoms with Gasteiger partial charge in [0.05, 0.1) is 22.4 Å². The molecule has 1 unspecified atom stereocenters. The van der Waals surface area contributed by atoms with E-state index in [1.165, 1.54) is 17.0 Å². The average molecular weight is 372 g/mol. The second-order valence-electron chi connectivity index (χ2n) is 6.34. The van der Waals surface area contributed by atoms with Gasteiger partial charge in [0.1, 0.15) is 5.82 Å². The second kappa shape index (κ2) is 7.19. The number of aryl methyl sites for hydroxylation is 2. The molecule has 4 heterocycles. The summed E-state index contributed by atoms with van der Waals surface area (Å²) in [6, 6.07) is 6.58. The highest BCUT2D eigenvalue weighted by Crippen LogP contribution is 2.33. The lowest BCUT2D eigenvalue weighted by Crippen LogP contribution is -2.23. The lowest BCUT2D eigenvalue weighted by molar-refractivity contribution is 0.242. The van der Waals surface area contributed by atoms with Gasteiger partial charge >= 0.3 is 0 Å². The summed E-state index contributed by atoms with van der Waals surface area (Å²) in [4.78, 5) is 17.5. The van der Waals surface area contributed by atoms with Gasteiger partial charge < -0.3 is 5.32 Å². The summed E-state index contributed by atoms with van der Waals surface area (Å²) in [5, 5.41) is 7.52. The number of hydrogen-bond donors (Lipinski definition) is 1. The first-order valence-corrected chi connectivity index (χ1v) is 10.2. The van der Waals surface area contributed by atoms with Crippen LogP contribution in [-0.4, -0.2) is 26.4 Å². The zero-order chi connectivity index (χ0) is 17.2. The third-order valence-corrected chi connectivity index (χ3v) is 6.01. The summed E-state index contributed by atoms with van der Waals surface area (Å²) in [6.45, 7) is 6.13. The van der Waals surface area contributed by atoms with Crippen LogP contribution in [0.1, 0.15) is 40.2 Å². The molecule has 1 aliphatic rings. The molecule has 0 saturated carbocycles. The van der Waals surface area contributed by atoms with Crippen LogP contribution in [0.25, 0.3) is 0 Å². The number of thiazole rings is 2. The maximum absolute atomic E-state index is 4.85. The number of anilines is 2. The number of rotatable bonds is 5. The first-order chi connectivity index (χ1) is 12.2. The van der Waals surface area contributed by atoms with Gasteiger partial charge in [-0.05, 0) is 45.4 Å². The number of aromatic nitrogens is 3. The molecule has 3 aromatic heterocycles. The molecular formula is C18H21N5S2. The van der Waals surface area contributed by atoms with E-state index in [1.54, 1.807) is 22.7 Å². The van der Waals surface area contributed by atoms with Crippen molar-refractivity contribution < 1.29 is 0 Å². The van der Waals surface area contributed by atoms with Gasteiger partial charge in [-0.3, -0.25) is 4.90 Å². The summed E-state index contributed by atoms with van der Waals surface area (Å²) < 4.78 is 0. The van der Waals surface area contributed by atoms with E-state index in [1.807, 2.05) is 12.3 Å². The average Bonchev–Trinajstić information content (AvgIpc) is 3.31. The van der Waals surface area contributed by atoms with Crippen molar-refractivity contribution in [3.63, 3.8) is 0 Å². The minimum Gasteiger partial charge on any atom is -0.316 e. The number of pyridine rings is 1. The molecule has 1 atom stereocenters. The van der Waals surface area contributed by atoms with E-state index in [0.29, 0.717) is 6.04 Å². The number of hydrogen-bond acceptors (Lipinski definition) is 7. The molecule has 1 fully saturated rings. The van der Waals surface area contributed by atoms with E-state index < -0.39 is 0 Å². The van der Waals surface area contributed by atoms with Gasteiger partial charge in [-0.2, -0.15) is 0 Å². The molecule has 130 valence electrons. The van der Waals surface area contributed by atoms with Gasteiger partial charge in [-0.1, -0.05) is 6.07 Å². The summed E-state index contributed by atoms with van der Waals surface area (Å²) in [5.41, 5.74) is 2.30. The highest BCUT2D eigenvalue weighted by Gasteiger charge is 2.27. The number of likely N-dealkylation sites (tertiary alicyclic amines) is 1. The fourth-order valence-corrected chi connectivity index (χ4v) is 4.54. The first-order valence-electron chi connectivity index (χ1n) is 8.49. The minimum absolute atomic E-state index is 0.363. The Labute approximate surface area is 155 Å². The van der Waals surface area contributed by atoms with Crippen LogP contribution in [0.4, 0.5) is 10.9 Å². The third kappa shape index (κ3) is 3.89. The van der Waals surface area contributed by atoms with Crippen molar-refractivity contribution in [2.75, 3.05) is 11.9 Å². The van der Waals surface area contributed by atoms with Gasteiger partial charge in [0.15, 0.2) is 5.13 Å². The maximum Gasteiger partial charge on any atom is 0.188 e. The largest absolute Gasteiger partial charge is 0.316 e. The van der Waals surface area contributed by atoms with E-state index in [0.717, 1.165) is 41.2 Å². The normalized spacial score (nSPS) is 17.9. The molecule has 0 spiro atoms. The van der Waals surface area contributed by atoms with Gasteiger partial charge in [-0.15, -0.1) is 22.7 Å². The van der Waals surface area contributed by atoms with Crippen LogP contribution in [0.2, 0.25) is 0 Å². The predicted octanol–water partition coefficient (Wildman–Crippen LogP) is 4.69. The van der Waals surface area contributed by atoms with Gasteiger partial charge in [0.25, 0.3) is 0 Å². The number of nitrogens with one attached hydrogen (secondary N) is 1. The molecule has 25 heavy (non-hydrogen) atoms. The van der Waals surface area contributed by atoms with Crippen molar-refractivity contribution in [3.8, 4) is 0 Å². The smallest absolute Gasteiger partial charge is 0.188 e. The Morgan fingerprint density at radius 3 is 2.96 bits per heavy atom. The summed E-state index contributed by atoms with van der Waals surface area (Å²) in [6.07, 6.45) is 4.24. The zero-order valence-electron chi connectivity index (χ0n) is 14.4. The third-order valence-electron chi connectivity index (χ3n) is 4.36. The molecule has 1 saturated heterocycles. The topological polar surface area (TPSA) is 53.9 Å². The highest BCUT2D eigenvalue weighted by atomic mass is 32.1. The van der Waals surface area contributed by atoms with Gasteiger partial charge in [-0.25, -0.2) is 15.0 Å². The Morgan fingerprint density at radius 1 is 1.28 bits per heavy atom. The predicted molar refractivity (Wildman–Crippen MR) is 104 cm³/mol. The molecule has 0 radical (unpaired) electrons. The molecule has 0 amide bonds. The van der Waals surface area contributed by atoms with Crippen molar-refractivity contribution in [2.45, 2.75) is 39.3 Å². The van der Waals surface area contributed by atoms with Gasteiger partial charge in [0, 0.05) is 23.0 Å². The Balaban J connectivity index is 1.50. The van der Waals surface area contributed by atoms with Gasteiger partial charge in [0.2, 0.25) is 0 Å². The van der Waals surface area contributed by atoms with E-state index in [2.05, 4.69) is 51.5 Å². The van der Waals surface area contributed by atoms with Crippen molar-refractivity contribution in [2.24, 2.45) is 0 Å². The van der Waals surface area contributed by atoms with Crippen molar-refractivity contribution in [1.82, 2.24) is 19.9 Å². The van der Waals surface area contributed by atoms with Crippen LogP contribution in [0.15, 0.2) is 29.8 Å². The van der Waals surface area contributed by atoms with Crippen LogP contribution >= 0.6 is 22.7 Å². The molecule has 5 nitrogen and oxygen atoms in total. The van der Waals surface area contributed by atoms with Crippen LogP contribution in [0.5, 0.6) is 0 Å². The quantitative estimate of drug-likeness (QED) is 0.705. The zero-order valence-corrected chi connectivity index (χ0v) is 16.0. The van der Waals surface area contributed by atoms with Crippen molar-refractivity contribution in [1.29, 1.82) is 0 Å². The van der Waals surface area contributed by atoms with E-state index in [9.17, 15) is 0 Å². The molecular weight excluding hydrogens is 350 g/mol. The Kier molecular flexibility index (Phi) is 4.78. The molecule has 1 aliphatic heterocycles. The fraction of sp³-hybridized carbons (Fsp3) is 0.389. The lowest BCUT2D eigenvalue weighted by atomic mass is 10.1. The van der Waals surface area contributed by atoms with Crippen molar-refractivity contribution in [3.05, 3.63) is 51.0 Å². The van der Waals surface area contributed by atoms with E-state index >= 15 is 0 Å². The van der Waals surface area contributed by atoms with E-state index in [4.69, 9.17) is 4.98 Å². The standard InChI is InChI=1S/C18H21N5S2/c1-12-9-19-18(25-12)22-17-7-3-5-15(21-17)16-6-4-8-23(16)10-14-11-24-13(2)20-14/h3,5,7,9,11,16H,4,6,8,10H2,1-2H3,(H,19,21,22). The molecule has 0 bridgehead atoms. The monoisotopic (exact) mass is 371 g/mol. The van der Waals surface area contributed by atoms with Crippen LogP contribution < -0.4 is 5.32 Å². The highest BCUT2D eigenvalue weighted by molar-refractivity contribution is 7.15. The first kappa shape index (κ1) is 16.6. The minimum atomic E-state index is 0.363. The fourth-order valence-electron chi connectivity index (χ4n) is 3.27. The molecule has 1 N–H and O–H groups in total. The Bertz CT molecular complexity index is 857. The Morgan fingerprint density at radius 2 is 2.20 bits per heavy atom. The maximum atomic E-state index is 4.85. The lowest BCUT2D eigenvalue weighted by Gasteiger charge is -2.23. The van der Waals surface area contributed by atoms with Crippen LogP contribution in [-0.2, 0) is 6.54 Å². The summed E-state index contributed by atoms with van der Waals surface area (Å²) in [7, 11) is 0. The van der Waals surface area contributed by atoms with Crippen LogP contribution in [0.3, 0.4) is 0 Å². The van der Waals surface area contributed by atoms with Crippen molar-refractivity contribution >= 4 is 33.6 Å². The molecule has 4 rings (SSSR count). The molecule has 0 aliphatic carbocycles. The molecule has 3 aromatic rings. The molecule has 7 heteroatoms. The van der Waals surface area contributed by atoms with E-state index in [-0.39, 0.29) is 0 Å².